The Kier molecular flexibility index (Phi) is 21.0. The molecule has 57 heavy (non-hydrogen) atoms. The smallest absolute Gasteiger partial charge is 0.118 e. The molecule has 0 aliphatic carbocycles. The van der Waals surface area contributed by atoms with Gasteiger partial charge in [-0.25, -0.2) is 0 Å². The van der Waals surface area contributed by atoms with Gasteiger partial charge in [0.1, 0.15) is 5.75 Å². The van der Waals surface area contributed by atoms with Crippen molar-refractivity contribution in [3.05, 3.63) is 137 Å². The quantitative estimate of drug-likeness (QED) is 0.0581. The molecule has 312 valence electrons. The number of thioether (sulfide) groups is 2. The van der Waals surface area contributed by atoms with E-state index in [1.807, 2.05) is 67.6 Å². The van der Waals surface area contributed by atoms with Crippen LogP contribution in [-0.2, 0) is 11.3 Å². The van der Waals surface area contributed by atoms with E-state index in [1.54, 1.807) is 37.6 Å². The first-order chi connectivity index (χ1) is 27.1. The number of rotatable bonds is 25. The number of allylic oxidation sites excluding steroid dienone is 6. The van der Waals surface area contributed by atoms with Crippen molar-refractivity contribution < 1.29 is 24.8 Å². The van der Waals surface area contributed by atoms with E-state index < -0.39 is 23.4 Å². The van der Waals surface area contributed by atoms with Gasteiger partial charge in [-0.2, -0.15) is 0 Å². The fourth-order valence-corrected chi connectivity index (χ4v) is 9.56. The lowest BCUT2D eigenvalue weighted by molar-refractivity contribution is -0.123. The molecule has 6 atom stereocenters. The van der Waals surface area contributed by atoms with Crippen LogP contribution >= 0.6 is 23.5 Å². The van der Waals surface area contributed by atoms with Crippen LogP contribution in [0.1, 0.15) is 112 Å². The van der Waals surface area contributed by atoms with Gasteiger partial charge in [-0.1, -0.05) is 95.1 Å². The van der Waals surface area contributed by atoms with Gasteiger partial charge in [0.25, 0.3) is 0 Å². The summed E-state index contributed by atoms with van der Waals surface area (Å²) in [5, 5.41) is 36.0. The minimum atomic E-state index is -1.38. The molecule has 0 aliphatic heterocycles. The third-order valence-corrected chi connectivity index (χ3v) is 12.4. The number of ether oxygens (including phenoxy) is 2. The molecule has 3 aromatic rings. The molecule has 7 heteroatoms. The molecule has 0 saturated carbocycles. The molecule has 0 spiro atoms. The second-order valence-electron chi connectivity index (χ2n) is 16.5. The van der Waals surface area contributed by atoms with E-state index >= 15 is 0 Å². The molecule has 0 amide bonds. The highest BCUT2D eigenvalue weighted by molar-refractivity contribution is 8.00. The van der Waals surface area contributed by atoms with Crippen molar-refractivity contribution in [1.29, 1.82) is 0 Å². The number of aliphatic hydroxyl groups is 3. The third kappa shape index (κ3) is 19.1. The lowest BCUT2D eigenvalue weighted by atomic mass is 9.85. The predicted molar refractivity (Wildman–Crippen MR) is 244 cm³/mol. The summed E-state index contributed by atoms with van der Waals surface area (Å²) in [6.07, 6.45) is 12.7. The van der Waals surface area contributed by atoms with Crippen LogP contribution < -0.4 is 4.74 Å². The van der Waals surface area contributed by atoms with Crippen molar-refractivity contribution in [2.24, 2.45) is 0 Å². The van der Waals surface area contributed by atoms with Gasteiger partial charge >= 0.3 is 0 Å². The molecule has 0 aromatic heterocycles. The van der Waals surface area contributed by atoms with Gasteiger partial charge in [0.2, 0.25) is 0 Å². The van der Waals surface area contributed by atoms with E-state index in [-0.39, 0.29) is 23.5 Å². The number of hydrogen-bond acceptors (Lipinski definition) is 7. The summed E-state index contributed by atoms with van der Waals surface area (Å²) in [6, 6.07) is 28.3. The molecule has 0 fully saturated rings. The van der Waals surface area contributed by atoms with Crippen LogP contribution in [0.4, 0.5) is 0 Å². The molecule has 0 saturated heterocycles. The lowest BCUT2D eigenvalue weighted by Gasteiger charge is -2.37. The minimum Gasteiger partial charge on any atom is -0.497 e. The molecule has 0 bridgehead atoms. The van der Waals surface area contributed by atoms with Crippen LogP contribution in [0.25, 0.3) is 0 Å². The molecule has 3 aromatic carbocycles. The maximum absolute atomic E-state index is 12.4. The zero-order valence-electron chi connectivity index (χ0n) is 36.0. The maximum Gasteiger partial charge on any atom is 0.118 e. The van der Waals surface area contributed by atoms with Crippen LogP contribution in [0, 0.1) is 0 Å². The zero-order chi connectivity index (χ0) is 41.8. The van der Waals surface area contributed by atoms with Crippen molar-refractivity contribution >= 4 is 23.5 Å². The maximum atomic E-state index is 12.4. The van der Waals surface area contributed by atoms with Crippen LogP contribution in [0.15, 0.2) is 141 Å². The summed E-state index contributed by atoms with van der Waals surface area (Å²) < 4.78 is 12.0. The largest absolute Gasteiger partial charge is 0.497 e. The SMILES string of the molecule is COc1ccc(CO[C@H](CC[C@H](O)[C@](C)(O)CC(/C=C(/C)CCC=C(C)C)Sc2ccccc2)[C@@](C)(O)CC(/C=C(/C)CCC=C(C)C)Sc2ccccc2)cc1. The summed E-state index contributed by atoms with van der Waals surface area (Å²) >= 11 is 3.45. The van der Waals surface area contributed by atoms with E-state index in [0.717, 1.165) is 46.8 Å². The Morgan fingerprint density at radius 2 is 1.11 bits per heavy atom. The molecule has 0 heterocycles. The third-order valence-electron chi connectivity index (χ3n) is 10.1. The van der Waals surface area contributed by atoms with E-state index in [0.29, 0.717) is 19.3 Å². The predicted octanol–water partition coefficient (Wildman–Crippen LogP) is 12.7. The van der Waals surface area contributed by atoms with Gasteiger partial charge < -0.3 is 24.8 Å². The highest BCUT2D eigenvalue weighted by Gasteiger charge is 2.38. The van der Waals surface area contributed by atoms with Crippen molar-refractivity contribution in [1.82, 2.24) is 0 Å². The van der Waals surface area contributed by atoms with Crippen LogP contribution in [0.5, 0.6) is 5.75 Å². The molecule has 0 radical (unpaired) electrons. The minimum absolute atomic E-state index is 0.0169. The van der Waals surface area contributed by atoms with Crippen molar-refractivity contribution in [2.75, 3.05) is 7.11 Å². The fourth-order valence-electron chi connectivity index (χ4n) is 6.79. The number of methoxy groups -OCH3 is 1. The Morgan fingerprint density at radius 3 is 1.54 bits per heavy atom. The Balaban J connectivity index is 1.86. The van der Waals surface area contributed by atoms with Crippen LogP contribution in [0.2, 0.25) is 0 Å². The van der Waals surface area contributed by atoms with Crippen LogP contribution in [-0.4, -0.2) is 56.3 Å². The molecule has 5 nitrogen and oxygen atoms in total. The summed E-state index contributed by atoms with van der Waals surface area (Å²) in [7, 11) is 1.65. The van der Waals surface area contributed by atoms with Crippen molar-refractivity contribution in [3.8, 4) is 5.75 Å². The first-order valence-corrected chi connectivity index (χ1v) is 22.2. The number of aliphatic hydroxyl groups excluding tert-OH is 1. The monoisotopic (exact) mass is 814 g/mol. The molecule has 0 aliphatic rings. The standard InChI is InChI=1S/C50H70O5S2/c1-37(2)18-16-20-39(5)32-45(56-43-22-12-10-13-23-43)34-49(7,52)47(51)30-31-48(55-36-41-26-28-42(54-9)29-27-41)50(8,53)35-46(57-44-24-14-11-15-25-44)33-40(6)21-17-19-38(3)4/h10-15,18-19,22-29,32-33,45-48,51-53H,16-17,20-21,30-31,34-36H2,1-9H3/b39-32-,40-33-/t45?,46?,47-,48+,49+,50-/m0/s1. The Bertz CT molecular complexity index is 1700. The first kappa shape index (κ1) is 48.3. The van der Waals surface area contributed by atoms with E-state index in [4.69, 9.17) is 9.47 Å². The molecule has 3 rings (SSSR count). The Hall–Kier alpha value is -3.04. The number of benzene rings is 3. The van der Waals surface area contributed by atoms with Crippen LogP contribution in [0.3, 0.4) is 0 Å². The normalized spacial score (nSPS) is 16.4. The molecular formula is C50H70O5S2. The highest BCUT2D eigenvalue weighted by Crippen LogP contribution is 2.37. The summed E-state index contributed by atoms with van der Waals surface area (Å²) in [5.74, 6) is 0.766. The first-order valence-electron chi connectivity index (χ1n) is 20.5. The van der Waals surface area contributed by atoms with Crippen molar-refractivity contribution in [3.63, 3.8) is 0 Å². The van der Waals surface area contributed by atoms with Gasteiger partial charge in [-0.3, -0.25) is 0 Å². The second-order valence-corrected chi connectivity index (χ2v) is 19.1. The molecular weight excluding hydrogens is 745 g/mol. The fraction of sp³-hybridized carbons (Fsp3) is 0.480. The Morgan fingerprint density at radius 1 is 0.649 bits per heavy atom. The molecule has 3 N–H and O–H groups in total. The van der Waals surface area contributed by atoms with Crippen molar-refractivity contribution in [2.45, 2.75) is 157 Å². The number of hydrogen-bond donors (Lipinski definition) is 3. The summed E-state index contributed by atoms with van der Waals surface area (Å²) in [5.41, 5.74) is 3.49. The van der Waals surface area contributed by atoms with Gasteiger partial charge in [0.15, 0.2) is 0 Å². The van der Waals surface area contributed by atoms with Gasteiger partial charge in [-0.05, 0) is 149 Å². The highest BCUT2D eigenvalue weighted by atomic mass is 32.2. The summed E-state index contributed by atoms with van der Waals surface area (Å²) in [4.78, 5) is 2.26. The zero-order valence-corrected chi connectivity index (χ0v) is 37.7. The molecule has 2 unspecified atom stereocenters. The second kappa shape index (κ2) is 24.8. The summed E-state index contributed by atoms with van der Waals surface area (Å²) in [6.45, 7) is 16.7. The van der Waals surface area contributed by atoms with E-state index in [9.17, 15) is 15.3 Å². The van der Waals surface area contributed by atoms with Gasteiger partial charge in [0.05, 0.1) is 37.1 Å². The van der Waals surface area contributed by atoms with Gasteiger partial charge in [-0.15, -0.1) is 23.5 Å². The van der Waals surface area contributed by atoms with E-state index in [1.165, 1.54) is 22.3 Å². The average molecular weight is 815 g/mol. The lowest BCUT2D eigenvalue weighted by Crippen LogP contribution is -2.46. The average Bonchev–Trinajstić information content (AvgIpc) is 3.14. The van der Waals surface area contributed by atoms with Gasteiger partial charge in [0, 0.05) is 20.3 Å². The topological polar surface area (TPSA) is 79.2 Å². The van der Waals surface area contributed by atoms with E-state index in [2.05, 4.69) is 90.1 Å². The Labute approximate surface area is 353 Å².